The molecular formula is C21H30N2O5. The Kier molecular flexibility index (Phi) is 6.78. The van der Waals surface area contributed by atoms with Gasteiger partial charge >= 0.3 is 6.09 Å². The van der Waals surface area contributed by atoms with Gasteiger partial charge in [0.2, 0.25) is 5.91 Å². The van der Waals surface area contributed by atoms with Gasteiger partial charge in [-0.1, -0.05) is 12.1 Å². The maximum absolute atomic E-state index is 13.3. The van der Waals surface area contributed by atoms with E-state index in [0.29, 0.717) is 51.6 Å². The molecule has 2 heterocycles. The van der Waals surface area contributed by atoms with Gasteiger partial charge in [-0.25, -0.2) is 4.79 Å². The molecule has 2 fully saturated rings. The van der Waals surface area contributed by atoms with Gasteiger partial charge in [0, 0.05) is 32.8 Å². The van der Waals surface area contributed by atoms with Crippen LogP contribution in [0.25, 0.3) is 0 Å². The fourth-order valence-electron chi connectivity index (χ4n) is 4.13. The molecule has 2 aliphatic rings. The summed E-state index contributed by atoms with van der Waals surface area (Å²) in [7, 11) is 3.04. The minimum absolute atomic E-state index is 0.0661. The molecule has 0 unspecified atom stereocenters. The first-order chi connectivity index (χ1) is 13.6. The zero-order chi connectivity index (χ0) is 20.0. The predicted octanol–water partition coefficient (Wildman–Crippen LogP) is 2.34. The van der Waals surface area contributed by atoms with Crippen molar-refractivity contribution in [2.24, 2.45) is 5.92 Å². The molecule has 0 bridgehead atoms. The summed E-state index contributed by atoms with van der Waals surface area (Å²) in [5, 5.41) is 3.19. The SMILES string of the molecule is COC(=O)N1CCC(CNC(=O)C2(c3ccc(OC)cc3)CCOCC2)CC1. The number of carbonyl (C=O) groups is 2. The van der Waals surface area contributed by atoms with E-state index < -0.39 is 5.41 Å². The lowest BCUT2D eigenvalue weighted by Gasteiger charge is -2.37. The molecule has 28 heavy (non-hydrogen) atoms. The third kappa shape index (κ3) is 4.41. The number of piperidine rings is 1. The summed E-state index contributed by atoms with van der Waals surface area (Å²) < 4.78 is 15.6. The maximum atomic E-state index is 13.3. The Morgan fingerprint density at radius 1 is 1.14 bits per heavy atom. The molecule has 0 radical (unpaired) electrons. The summed E-state index contributed by atoms with van der Waals surface area (Å²) in [6.45, 7) is 3.13. The lowest BCUT2D eigenvalue weighted by Crippen LogP contribution is -2.50. The maximum Gasteiger partial charge on any atom is 0.409 e. The fourth-order valence-corrected chi connectivity index (χ4v) is 4.13. The minimum atomic E-state index is -0.558. The van der Waals surface area contributed by atoms with Gasteiger partial charge in [-0.2, -0.15) is 0 Å². The highest BCUT2D eigenvalue weighted by molar-refractivity contribution is 5.88. The third-order valence-electron chi connectivity index (χ3n) is 6.02. The Labute approximate surface area is 166 Å². The largest absolute Gasteiger partial charge is 0.497 e. The fraction of sp³-hybridized carbons (Fsp3) is 0.619. The molecule has 0 aliphatic carbocycles. The summed E-state index contributed by atoms with van der Waals surface area (Å²) in [5.74, 6) is 1.22. The van der Waals surface area contributed by atoms with Gasteiger partial charge in [0.25, 0.3) is 0 Å². The van der Waals surface area contributed by atoms with Gasteiger partial charge in [0.05, 0.1) is 19.6 Å². The number of hydrogen-bond donors (Lipinski definition) is 1. The number of carbonyl (C=O) groups excluding carboxylic acids is 2. The number of methoxy groups -OCH3 is 2. The molecular weight excluding hydrogens is 360 g/mol. The summed E-state index contributed by atoms with van der Waals surface area (Å²) in [4.78, 5) is 26.6. The number of ether oxygens (including phenoxy) is 3. The number of likely N-dealkylation sites (tertiary alicyclic amines) is 1. The van der Waals surface area contributed by atoms with Gasteiger partial charge < -0.3 is 24.4 Å². The van der Waals surface area contributed by atoms with Crippen LogP contribution in [-0.4, -0.2) is 64.0 Å². The number of nitrogens with zero attached hydrogens (tertiary/aromatic N) is 1. The van der Waals surface area contributed by atoms with Gasteiger partial charge in [0.1, 0.15) is 5.75 Å². The Hall–Kier alpha value is -2.28. The topological polar surface area (TPSA) is 77.1 Å². The standard InChI is InChI=1S/C21H30N2O5/c1-26-18-5-3-17(4-6-18)21(9-13-28-14-10-21)19(24)22-15-16-7-11-23(12-8-16)20(25)27-2/h3-6,16H,7-15H2,1-2H3,(H,22,24). The van der Waals surface area contributed by atoms with Crippen LogP contribution in [-0.2, 0) is 19.7 Å². The lowest BCUT2D eigenvalue weighted by atomic mass is 9.73. The Morgan fingerprint density at radius 2 is 1.79 bits per heavy atom. The van der Waals surface area contributed by atoms with Crippen LogP contribution < -0.4 is 10.1 Å². The molecule has 0 spiro atoms. The average molecular weight is 390 g/mol. The van der Waals surface area contributed by atoms with E-state index in [1.807, 2.05) is 24.3 Å². The number of nitrogens with one attached hydrogen (secondary N) is 1. The molecule has 154 valence electrons. The van der Waals surface area contributed by atoms with Crippen molar-refractivity contribution in [2.75, 3.05) is 47.1 Å². The molecule has 1 aromatic rings. The van der Waals surface area contributed by atoms with E-state index in [-0.39, 0.29) is 12.0 Å². The second-order valence-corrected chi connectivity index (χ2v) is 7.53. The van der Waals surface area contributed by atoms with Crippen LogP contribution in [0.1, 0.15) is 31.2 Å². The predicted molar refractivity (Wildman–Crippen MR) is 104 cm³/mol. The minimum Gasteiger partial charge on any atom is -0.497 e. The molecule has 1 aromatic carbocycles. The second-order valence-electron chi connectivity index (χ2n) is 7.53. The highest BCUT2D eigenvalue weighted by atomic mass is 16.5. The first-order valence-electron chi connectivity index (χ1n) is 9.92. The summed E-state index contributed by atoms with van der Waals surface area (Å²) in [6, 6.07) is 7.78. The van der Waals surface area contributed by atoms with E-state index >= 15 is 0 Å². The van der Waals surface area contributed by atoms with Crippen molar-refractivity contribution in [3.05, 3.63) is 29.8 Å². The molecule has 0 saturated carbocycles. The van der Waals surface area contributed by atoms with E-state index in [4.69, 9.17) is 14.2 Å². The van der Waals surface area contributed by atoms with Crippen molar-refractivity contribution in [3.63, 3.8) is 0 Å². The van der Waals surface area contributed by atoms with Crippen LogP contribution in [0.15, 0.2) is 24.3 Å². The third-order valence-corrected chi connectivity index (χ3v) is 6.02. The summed E-state index contributed by atoms with van der Waals surface area (Å²) in [5.41, 5.74) is 0.451. The van der Waals surface area contributed by atoms with Gasteiger partial charge in [-0.3, -0.25) is 4.79 Å². The first kappa shape index (κ1) is 20.5. The molecule has 7 heteroatoms. The summed E-state index contributed by atoms with van der Waals surface area (Å²) in [6.07, 6.45) is 2.81. The average Bonchev–Trinajstić information content (AvgIpc) is 2.77. The quantitative estimate of drug-likeness (QED) is 0.835. The molecule has 7 nitrogen and oxygen atoms in total. The lowest BCUT2D eigenvalue weighted by molar-refractivity contribution is -0.130. The van der Waals surface area contributed by atoms with Crippen molar-refractivity contribution in [1.82, 2.24) is 10.2 Å². The van der Waals surface area contributed by atoms with Crippen LogP contribution in [0.2, 0.25) is 0 Å². The number of amides is 2. The Balaban J connectivity index is 1.62. The number of benzene rings is 1. The summed E-state index contributed by atoms with van der Waals surface area (Å²) >= 11 is 0. The van der Waals surface area contributed by atoms with Crippen molar-refractivity contribution in [2.45, 2.75) is 31.1 Å². The zero-order valence-electron chi connectivity index (χ0n) is 16.7. The van der Waals surface area contributed by atoms with Crippen molar-refractivity contribution in [1.29, 1.82) is 0 Å². The van der Waals surface area contributed by atoms with Crippen molar-refractivity contribution >= 4 is 12.0 Å². The van der Waals surface area contributed by atoms with Gasteiger partial charge in [-0.05, 0) is 49.3 Å². The van der Waals surface area contributed by atoms with Crippen LogP contribution in [0, 0.1) is 5.92 Å². The van der Waals surface area contributed by atoms with E-state index in [1.54, 1.807) is 12.0 Å². The van der Waals surface area contributed by atoms with Crippen LogP contribution in [0.5, 0.6) is 5.75 Å². The van der Waals surface area contributed by atoms with Crippen LogP contribution >= 0.6 is 0 Å². The monoisotopic (exact) mass is 390 g/mol. The molecule has 1 N–H and O–H groups in total. The van der Waals surface area contributed by atoms with Crippen LogP contribution in [0.3, 0.4) is 0 Å². The first-order valence-corrected chi connectivity index (χ1v) is 9.92. The molecule has 0 atom stereocenters. The molecule has 2 amide bonds. The van der Waals surface area contributed by atoms with E-state index in [2.05, 4.69) is 5.32 Å². The molecule has 3 rings (SSSR count). The van der Waals surface area contributed by atoms with E-state index in [1.165, 1.54) is 7.11 Å². The van der Waals surface area contributed by atoms with E-state index in [0.717, 1.165) is 24.2 Å². The van der Waals surface area contributed by atoms with Crippen molar-refractivity contribution < 1.29 is 23.8 Å². The zero-order valence-corrected chi connectivity index (χ0v) is 16.7. The van der Waals surface area contributed by atoms with Crippen molar-refractivity contribution in [3.8, 4) is 5.75 Å². The van der Waals surface area contributed by atoms with Crippen LogP contribution in [0.4, 0.5) is 4.79 Å². The smallest absolute Gasteiger partial charge is 0.409 e. The molecule has 2 aliphatic heterocycles. The van der Waals surface area contributed by atoms with Gasteiger partial charge in [0.15, 0.2) is 0 Å². The number of hydrogen-bond acceptors (Lipinski definition) is 5. The Morgan fingerprint density at radius 3 is 2.36 bits per heavy atom. The highest BCUT2D eigenvalue weighted by Gasteiger charge is 2.41. The highest BCUT2D eigenvalue weighted by Crippen LogP contribution is 2.36. The second kappa shape index (κ2) is 9.28. The normalized spacial score (nSPS) is 19.7. The Bertz CT molecular complexity index is 662. The van der Waals surface area contributed by atoms with E-state index in [9.17, 15) is 9.59 Å². The number of rotatable bonds is 5. The molecule has 2 saturated heterocycles. The van der Waals surface area contributed by atoms with Gasteiger partial charge in [-0.15, -0.1) is 0 Å². The molecule has 0 aromatic heterocycles.